The van der Waals surface area contributed by atoms with Gasteiger partial charge in [0.2, 0.25) is 0 Å². The molecular formula is C31H29F7O. The van der Waals surface area contributed by atoms with Crippen LogP contribution in [0.4, 0.5) is 30.7 Å². The van der Waals surface area contributed by atoms with Crippen molar-refractivity contribution >= 4 is 5.83 Å². The number of aryl methyl sites for hydroxylation is 1. The number of halogens is 7. The highest BCUT2D eigenvalue weighted by Gasteiger charge is 2.26. The number of allylic oxidation sites excluding steroid dienone is 1. The predicted octanol–water partition coefficient (Wildman–Crippen LogP) is 9.60. The molecule has 1 aliphatic rings. The zero-order chi connectivity index (χ0) is 28.1. The Bertz CT molecular complexity index is 1280. The molecule has 2 atom stereocenters. The Labute approximate surface area is 223 Å². The van der Waals surface area contributed by atoms with E-state index in [9.17, 15) is 30.7 Å². The van der Waals surface area contributed by atoms with Crippen LogP contribution in [0.1, 0.15) is 78.9 Å². The molecule has 0 saturated carbocycles. The molecule has 0 radical (unpaired) electrons. The number of unbranched alkanes of at least 4 members (excludes halogenated alkanes) is 1. The molecule has 3 aromatic carbocycles. The Morgan fingerprint density at radius 2 is 1.44 bits per heavy atom. The van der Waals surface area contributed by atoms with Crippen LogP contribution in [0, 0.1) is 29.1 Å². The summed E-state index contributed by atoms with van der Waals surface area (Å²) in [7, 11) is 0. The first kappa shape index (κ1) is 28.9. The van der Waals surface area contributed by atoms with E-state index >= 15 is 0 Å². The Hall–Kier alpha value is -3.13. The van der Waals surface area contributed by atoms with Gasteiger partial charge in [0.1, 0.15) is 17.5 Å². The van der Waals surface area contributed by atoms with Crippen molar-refractivity contribution in [3.8, 4) is 0 Å². The van der Waals surface area contributed by atoms with E-state index in [0.717, 1.165) is 24.1 Å². The van der Waals surface area contributed by atoms with Crippen LogP contribution in [-0.4, -0.2) is 6.61 Å². The molecule has 1 fully saturated rings. The summed E-state index contributed by atoms with van der Waals surface area (Å²) in [6.45, 7) is 2.20. The number of ether oxygens (including phenoxy) is 1. The van der Waals surface area contributed by atoms with Crippen LogP contribution in [0.3, 0.4) is 0 Å². The first-order valence-corrected chi connectivity index (χ1v) is 13.0. The van der Waals surface area contributed by atoms with Gasteiger partial charge in [0.25, 0.3) is 0 Å². The molecule has 1 aliphatic heterocycles. The molecule has 3 aromatic rings. The zero-order valence-electron chi connectivity index (χ0n) is 21.5. The van der Waals surface area contributed by atoms with Crippen molar-refractivity contribution in [2.24, 2.45) is 0 Å². The Morgan fingerprint density at radius 1 is 0.795 bits per heavy atom. The maximum atomic E-state index is 14.8. The fourth-order valence-corrected chi connectivity index (χ4v) is 4.85. The lowest BCUT2D eigenvalue weighted by molar-refractivity contribution is 0.00203. The second kappa shape index (κ2) is 12.8. The summed E-state index contributed by atoms with van der Waals surface area (Å²) in [5, 5.41) is 0. The van der Waals surface area contributed by atoms with E-state index in [0.29, 0.717) is 31.4 Å². The fraction of sp³-hybridized carbons (Fsp3) is 0.355. The van der Waals surface area contributed by atoms with Gasteiger partial charge in [0.15, 0.2) is 23.3 Å². The second-order valence-electron chi connectivity index (χ2n) is 9.88. The molecule has 4 rings (SSSR count). The molecule has 1 nitrogen and oxygen atoms in total. The molecule has 8 heteroatoms. The summed E-state index contributed by atoms with van der Waals surface area (Å²) >= 11 is 0. The summed E-state index contributed by atoms with van der Waals surface area (Å²) in [4.78, 5) is 0. The topological polar surface area (TPSA) is 9.23 Å². The molecule has 1 heterocycles. The van der Waals surface area contributed by atoms with Crippen molar-refractivity contribution in [3.05, 3.63) is 111 Å². The minimum Gasteiger partial charge on any atom is -0.373 e. The molecule has 0 aromatic heterocycles. The molecule has 208 valence electrons. The third-order valence-corrected chi connectivity index (χ3v) is 7.14. The number of hydrogen-bond donors (Lipinski definition) is 0. The van der Waals surface area contributed by atoms with Crippen LogP contribution in [0.25, 0.3) is 5.83 Å². The standard InChI is InChI=1S/C31H29F7O/c1-2-3-4-24(32)30(37)20-8-6-19(7-9-20)21-10-12-29(39-17-21)22-15-25(33)23(26(34)16-22)11-5-18-13-27(35)31(38)28(36)14-18/h6-9,13-16,21,29H,2-5,10-12,17H2,1H3/b30-24+. The normalized spacial score (nSPS) is 18.3. The summed E-state index contributed by atoms with van der Waals surface area (Å²) in [6.07, 6.45) is 1.82. The van der Waals surface area contributed by atoms with Gasteiger partial charge in [-0.3, -0.25) is 0 Å². The third-order valence-electron chi connectivity index (χ3n) is 7.14. The SMILES string of the molecule is CCCC/C(F)=C(\F)c1ccc(C2CCC(c3cc(F)c(CCc4cc(F)c(F)c(F)c4)c(F)c3)OC2)cc1. The molecule has 39 heavy (non-hydrogen) atoms. The lowest BCUT2D eigenvalue weighted by atomic mass is 9.88. The van der Waals surface area contributed by atoms with Crippen molar-refractivity contribution in [2.75, 3.05) is 6.61 Å². The van der Waals surface area contributed by atoms with Gasteiger partial charge in [-0.05, 0) is 73.1 Å². The Morgan fingerprint density at radius 3 is 2.00 bits per heavy atom. The van der Waals surface area contributed by atoms with Crippen LogP contribution in [0.2, 0.25) is 0 Å². The van der Waals surface area contributed by atoms with E-state index in [1.165, 1.54) is 12.1 Å². The fourth-order valence-electron chi connectivity index (χ4n) is 4.85. The number of rotatable bonds is 9. The van der Waals surface area contributed by atoms with Crippen molar-refractivity contribution < 1.29 is 35.5 Å². The smallest absolute Gasteiger partial charge is 0.194 e. The molecule has 1 saturated heterocycles. The number of hydrogen-bond acceptors (Lipinski definition) is 1. The van der Waals surface area contributed by atoms with Crippen LogP contribution in [0.5, 0.6) is 0 Å². The van der Waals surface area contributed by atoms with Gasteiger partial charge in [0.05, 0.1) is 12.7 Å². The second-order valence-corrected chi connectivity index (χ2v) is 9.88. The molecule has 0 bridgehead atoms. The van der Waals surface area contributed by atoms with Gasteiger partial charge in [-0.2, -0.15) is 0 Å². The molecule has 0 aliphatic carbocycles. The average Bonchev–Trinajstić information content (AvgIpc) is 2.93. The van der Waals surface area contributed by atoms with Gasteiger partial charge < -0.3 is 4.74 Å². The van der Waals surface area contributed by atoms with Crippen molar-refractivity contribution in [2.45, 2.75) is 63.9 Å². The van der Waals surface area contributed by atoms with Crippen LogP contribution in [-0.2, 0) is 17.6 Å². The minimum atomic E-state index is -1.59. The quantitative estimate of drug-likeness (QED) is 0.190. The summed E-state index contributed by atoms with van der Waals surface area (Å²) < 4.78 is 104. The zero-order valence-corrected chi connectivity index (χ0v) is 21.5. The lowest BCUT2D eigenvalue weighted by Gasteiger charge is -2.30. The van der Waals surface area contributed by atoms with E-state index in [1.54, 1.807) is 24.3 Å². The van der Waals surface area contributed by atoms with E-state index in [1.807, 2.05) is 6.92 Å². The van der Waals surface area contributed by atoms with Crippen molar-refractivity contribution in [1.82, 2.24) is 0 Å². The third kappa shape index (κ3) is 6.90. The largest absolute Gasteiger partial charge is 0.373 e. The summed E-state index contributed by atoms with van der Waals surface area (Å²) in [5.74, 6) is -7.50. The first-order valence-electron chi connectivity index (χ1n) is 13.0. The lowest BCUT2D eigenvalue weighted by Crippen LogP contribution is -2.20. The van der Waals surface area contributed by atoms with Gasteiger partial charge in [-0.25, -0.2) is 30.7 Å². The van der Waals surface area contributed by atoms with E-state index < -0.39 is 46.8 Å². The van der Waals surface area contributed by atoms with Crippen molar-refractivity contribution in [3.63, 3.8) is 0 Å². The highest BCUT2D eigenvalue weighted by Crippen LogP contribution is 2.37. The summed E-state index contributed by atoms with van der Waals surface area (Å²) in [5.41, 5.74) is 1.29. The van der Waals surface area contributed by atoms with E-state index in [-0.39, 0.29) is 41.9 Å². The predicted molar refractivity (Wildman–Crippen MR) is 136 cm³/mol. The van der Waals surface area contributed by atoms with Crippen molar-refractivity contribution in [1.29, 1.82) is 0 Å². The van der Waals surface area contributed by atoms with Crippen LogP contribution < -0.4 is 0 Å². The molecule has 2 unspecified atom stereocenters. The highest BCUT2D eigenvalue weighted by molar-refractivity contribution is 5.61. The van der Waals surface area contributed by atoms with Crippen LogP contribution in [0.15, 0.2) is 54.4 Å². The average molecular weight is 551 g/mol. The highest BCUT2D eigenvalue weighted by atomic mass is 19.2. The minimum absolute atomic E-state index is 0.00209. The Kier molecular flexibility index (Phi) is 9.49. The first-order chi connectivity index (χ1) is 18.7. The molecule has 0 amide bonds. The molecule has 0 spiro atoms. The maximum Gasteiger partial charge on any atom is 0.194 e. The summed E-state index contributed by atoms with van der Waals surface area (Å²) in [6, 6.07) is 10.6. The van der Waals surface area contributed by atoms with E-state index in [2.05, 4.69) is 0 Å². The van der Waals surface area contributed by atoms with Gasteiger partial charge in [-0.15, -0.1) is 0 Å². The molecular weight excluding hydrogens is 521 g/mol. The van der Waals surface area contributed by atoms with Gasteiger partial charge in [0, 0.05) is 23.5 Å². The van der Waals surface area contributed by atoms with Gasteiger partial charge in [-0.1, -0.05) is 37.6 Å². The maximum absolute atomic E-state index is 14.8. The van der Waals surface area contributed by atoms with Gasteiger partial charge >= 0.3 is 0 Å². The van der Waals surface area contributed by atoms with Crippen LogP contribution >= 0.6 is 0 Å². The monoisotopic (exact) mass is 550 g/mol. The van der Waals surface area contributed by atoms with E-state index in [4.69, 9.17) is 4.74 Å². The Balaban J connectivity index is 1.37. The molecule has 0 N–H and O–H groups in total. The number of benzene rings is 3.